The predicted molar refractivity (Wildman–Crippen MR) is 50.6 cm³/mol. The van der Waals surface area contributed by atoms with Crippen LogP contribution in [-0.4, -0.2) is 5.78 Å². The third kappa shape index (κ3) is 1.45. The van der Waals surface area contributed by atoms with Crippen LogP contribution >= 0.6 is 11.8 Å². The lowest BCUT2D eigenvalue weighted by molar-refractivity contribution is 0.0994. The second-order valence-electron chi connectivity index (χ2n) is 2.94. The van der Waals surface area contributed by atoms with Gasteiger partial charge in [0.15, 0.2) is 5.78 Å². The number of hydrogen-bond acceptors (Lipinski definition) is 3. The first-order valence-corrected chi connectivity index (χ1v) is 4.85. The van der Waals surface area contributed by atoms with Gasteiger partial charge in [-0.15, -0.1) is 0 Å². The van der Waals surface area contributed by atoms with Gasteiger partial charge in [-0.3, -0.25) is 4.79 Å². The molecule has 1 aliphatic rings. The van der Waals surface area contributed by atoms with Crippen LogP contribution < -0.4 is 0 Å². The zero-order valence-electron chi connectivity index (χ0n) is 6.91. The molecule has 3 heteroatoms. The molecule has 0 bridgehead atoms. The maximum Gasteiger partial charge on any atom is 0.163 e. The quantitative estimate of drug-likeness (QED) is 0.503. The number of thiocyanates is 1. The minimum Gasteiger partial charge on any atom is -0.294 e. The minimum absolute atomic E-state index is 0.204. The number of fused-ring (bicyclic) bond motifs is 1. The van der Waals surface area contributed by atoms with Gasteiger partial charge in [-0.25, -0.2) is 0 Å². The number of rotatable bonds is 1. The summed E-state index contributed by atoms with van der Waals surface area (Å²) in [6.45, 7) is 0. The molecule has 0 saturated carbocycles. The van der Waals surface area contributed by atoms with E-state index < -0.39 is 0 Å². The fraction of sp³-hybridized carbons (Fsp3) is 0.200. The molecule has 0 unspecified atom stereocenters. The Morgan fingerprint density at radius 3 is 3.00 bits per heavy atom. The number of aryl methyl sites for hydroxylation is 1. The smallest absolute Gasteiger partial charge is 0.163 e. The summed E-state index contributed by atoms with van der Waals surface area (Å²) in [6.07, 6.45) is 1.47. The number of Topliss-reactive ketones (excluding diaryl/α,β-unsaturated/α-hetero) is 1. The van der Waals surface area contributed by atoms with Crippen molar-refractivity contribution in [1.29, 1.82) is 5.26 Å². The summed E-state index contributed by atoms with van der Waals surface area (Å²) in [6, 6.07) is 5.66. The van der Waals surface area contributed by atoms with Crippen molar-refractivity contribution in [3.05, 3.63) is 29.3 Å². The van der Waals surface area contributed by atoms with E-state index in [1.807, 2.05) is 23.6 Å². The van der Waals surface area contributed by atoms with E-state index in [1.165, 1.54) is 0 Å². The second-order valence-corrected chi connectivity index (χ2v) is 3.79. The molecule has 0 aromatic heterocycles. The van der Waals surface area contributed by atoms with Crippen LogP contribution in [0.5, 0.6) is 0 Å². The van der Waals surface area contributed by atoms with Gasteiger partial charge in [0.05, 0.1) is 0 Å². The fourth-order valence-electron chi connectivity index (χ4n) is 1.53. The fourth-order valence-corrected chi connectivity index (χ4v) is 1.95. The Morgan fingerprint density at radius 1 is 1.38 bits per heavy atom. The number of carbonyl (C=O) groups excluding carboxylic acids is 1. The molecule has 2 nitrogen and oxygen atoms in total. The number of benzene rings is 1. The number of ketones is 1. The third-order valence-electron chi connectivity index (χ3n) is 2.17. The average molecular weight is 189 g/mol. The van der Waals surface area contributed by atoms with Crippen LogP contribution in [0.1, 0.15) is 22.3 Å². The van der Waals surface area contributed by atoms with Crippen LogP contribution in [0.2, 0.25) is 0 Å². The largest absolute Gasteiger partial charge is 0.294 e. The molecule has 0 heterocycles. The topological polar surface area (TPSA) is 40.9 Å². The zero-order chi connectivity index (χ0) is 9.26. The van der Waals surface area contributed by atoms with Crippen LogP contribution in [0.4, 0.5) is 0 Å². The van der Waals surface area contributed by atoms with Crippen molar-refractivity contribution >= 4 is 17.5 Å². The van der Waals surface area contributed by atoms with E-state index in [2.05, 4.69) is 0 Å². The molecule has 0 N–H and O–H groups in total. The minimum atomic E-state index is 0.204. The van der Waals surface area contributed by atoms with Crippen LogP contribution in [0.15, 0.2) is 23.1 Å². The molecule has 0 aliphatic heterocycles. The summed E-state index contributed by atoms with van der Waals surface area (Å²) < 4.78 is 0. The van der Waals surface area contributed by atoms with E-state index >= 15 is 0 Å². The molecule has 0 atom stereocenters. The molecule has 1 aromatic rings. The summed E-state index contributed by atoms with van der Waals surface area (Å²) in [5.41, 5.74) is 1.92. The maximum absolute atomic E-state index is 11.3. The number of nitriles is 1. The zero-order valence-corrected chi connectivity index (χ0v) is 7.73. The van der Waals surface area contributed by atoms with Gasteiger partial charge >= 0.3 is 0 Å². The Labute approximate surface area is 80.6 Å². The summed E-state index contributed by atoms with van der Waals surface area (Å²) in [5.74, 6) is 0.204. The van der Waals surface area contributed by atoms with Crippen molar-refractivity contribution in [2.75, 3.05) is 0 Å². The lowest BCUT2D eigenvalue weighted by atomic mass is 10.1. The highest BCUT2D eigenvalue weighted by Crippen LogP contribution is 2.26. The number of thioether (sulfide) groups is 1. The van der Waals surface area contributed by atoms with Gasteiger partial charge < -0.3 is 0 Å². The van der Waals surface area contributed by atoms with Gasteiger partial charge in [-0.05, 0) is 35.9 Å². The Kier molecular flexibility index (Phi) is 2.07. The molecule has 0 spiro atoms. The second kappa shape index (κ2) is 3.23. The SMILES string of the molecule is N#CSc1ccc2c(c1)C(=O)CC2. The standard InChI is InChI=1S/C10H7NOS/c11-6-13-8-3-1-7-2-4-10(12)9(7)5-8/h1,3,5H,2,4H2. The van der Waals surface area contributed by atoms with Gasteiger partial charge in [0.25, 0.3) is 0 Å². The molecule has 2 rings (SSSR count). The number of hydrogen-bond donors (Lipinski definition) is 0. The molecular formula is C10H7NOS. The number of carbonyl (C=O) groups is 1. The highest BCUT2D eigenvalue weighted by Gasteiger charge is 2.19. The van der Waals surface area contributed by atoms with Gasteiger partial charge in [0, 0.05) is 16.9 Å². The Balaban J connectivity index is 2.43. The summed E-state index contributed by atoms with van der Waals surface area (Å²) in [5, 5.41) is 10.5. The Hall–Kier alpha value is -1.27. The molecule has 1 aromatic carbocycles. The van der Waals surface area contributed by atoms with Crippen molar-refractivity contribution in [3.8, 4) is 5.40 Å². The molecule has 1 aliphatic carbocycles. The first kappa shape index (κ1) is 8.33. The van der Waals surface area contributed by atoms with Crippen molar-refractivity contribution in [3.63, 3.8) is 0 Å². The van der Waals surface area contributed by atoms with E-state index in [4.69, 9.17) is 5.26 Å². The van der Waals surface area contributed by atoms with Crippen LogP contribution in [0.25, 0.3) is 0 Å². The van der Waals surface area contributed by atoms with Crippen molar-refractivity contribution in [2.45, 2.75) is 17.7 Å². The first-order valence-electron chi connectivity index (χ1n) is 4.03. The van der Waals surface area contributed by atoms with Gasteiger partial charge in [0.1, 0.15) is 5.40 Å². The molecule has 0 saturated heterocycles. The van der Waals surface area contributed by atoms with E-state index in [1.54, 1.807) is 0 Å². The molecule has 0 amide bonds. The van der Waals surface area contributed by atoms with Crippen molar-refractivity contribution < 1.29 is 4.79 Å². The molecule has 0 fully saturated rings. The van der Waals surface area contributed by atoms with E-state index in [0.29, 0.717) is 6.42 Å². The predicted octanol–water partition coefficient (Wildman–Crippen LogP) is 2.39. The highest BCUT2D eigenvalue weighted by atomic mass is 32.2. The Bertz CT molecular complexity index is 406. The van der Waals surface area contributed by atoms with E-state index in [9.17, 15) is 4.79 Å². The monoisotopic (exact) mass is 189 g/mol. The maximum atomic E-state index is 11.3. The van der Waals surface area contributed by atoms with E-state index in [-0.39, 0.29) is 5.78 Å². The Morgan fingerprint density at radius 2 is 2.23 bits per heavy atom. The lowest BCUT2D eigenvalue weighted by Crippen LogP contribution is -1.90. The average Bonchev–Trinajstić information content (AvgIpc) is 2.49. The van der Waals surface area contributed by atoms with Crippen molar-refractivity contribution in [1.82, 2.24) is 0 Å². The van der Waals surface area contributed by atoms with E-state index in [0.717, 1.165) is 34.2 Å². The molecule has 64 valence electrons. The summed E-state index contributed by atoms with van der Waals surface area (Å²) >= 11 is 1.10. The molecule has 0 radical (unpaired) electrons. The van der Waals surface area contributed by atoms with Gasteiger partial charge in [-0.2, -0.15) is 5.26 Å². The van der Waals surface area contributed by atoms with Gasteiger partial charge in [-0.1, -0.05) is 6.07 Å². The first-order chi connectivity index (χ1) is 6.31. The lowest BCUT2D eigenvalue weighted by Gasteiger charge is -1.98. The summed E-state index contributed by atoms with van der Waals surface area (Å²) in [4.78, 5) is 12.2. The highest BCUT2D eigenvalue weighted by molar-refractivity contribution is 8.03. The number of nitrogens with zero attached hydrogens (tertiary/aromatic N) is 1. The normalized spacial score (nSPS) is 13.9. The van der Waals surface area contributed by atoms with Crippen LogP contribution in [0.3, 0.4) is 0 Å². The molecule has 13 heavy (non-hydrogen) atoms. The van der Waals surface area contributed by atoms with Crippen LogP contribution in [0, 0.1) is 10.7 Å². The van der Waals surface area contributed by atoms with Gasteiger partial charge in [0.2, 0.25) is 0 Å². The summed E-state index contributed by atoms with van der Waals surface area (Å²) in [7, 11) is 0. The third-order valence-corrected chi connectivity index (χ3v) is 2.75. The molecular weight excluding hydrogens is 182 g/mol. The van der Waals surface area contributed by atoms with Crippen LogP contribution in [-0.2, 0) is 6.42 Å². The van der Waals surface area contributed by atoms with Crippen molar-refractivity contribution in [2.24, 2.45) is 0 Å².